The summed E-state index contributed by atoms with van der Waals surface area (Å²) in [5, 5.41) is 3.35. The normalized spacial score (nSPS) is 11.8. The number of thiocarbonyl (C=S) groups is 1. The van der Waals surface area contributed by atoms with Crippen molar-refractivity contribution in [3.8, 4) is 10.7 Å². The molecular weight excluding hydrogens is 351 g/mol. The van der Waals surface area contributed by atoms with E-state index in [1.165, 1.54) is 11.3 Å². The molecule has 0 saturated heterocycles. The van der Waals surface area contributed by atoms with Crippen LogP contribution in [0.3, 0.4) is 0 Å². The molecule has 3 heterocycles. The Bertz CT molecular complexity index is 851. The van der Waals surface area contributed by atoms with E-state index >= 15 is 0 Å². The van der Waals surface area contributed by atoms with Gasteiger partial charge in [0, 0.05) is 17.3 Å². The van der Waals surface area contributed by atoms with Gasteiger partial charge in [-0.15, -0.1) is 11.3 Å². The van der Waals surface area contributed by atoms with Gasteiger partial charge in [-0.05, 0) is 12.1 Å². The minimum Gasteiger partial charge on any atom is -0.387 e. The van der Waals surface area contributed by atoms with Crippen molar-refractivity contribution < 1.29 is 17.7 Å². The third-order valence-corrected chi connectivity index (χ3v) is 4.06. The maximum Gasteiger partial charge on any atom is 0.471 e. The molecule has 0 saturated carbocycles. The van der Waals surface area contributed by atoms with Gasteiger partial charge in [-0.25, -0.2) is 4.98 Å². The smallest absolute Gasteiger partial charge is 0.387 e. The molecule has 3 aromatic heterocycles. The first kappa shape index (κ1) is 15.6. The maximum atomic E-state index is 12.5. The van der Waals surface area contributed by atoms with E-state index in [1.807, 2.05) is 0 Å². The number of aromatic nitrogens is 4. The Hall–Kier alpha value is -2.27. The summed E-state index contributed by atoms with van der Waals surface area (Å²) < 4.78 is 43.4. The number of hydrogen-bond acceptors (Lipinski definition) is 6. The minimum atomic E-state index is -4.66. The zero-order chi connectivity index (χ0) is 16.6. The molecule has 0 spiro atoms. The number of hydrogen-bond donors (Lipinski definition) is 1. The highest BCUT2D eigenvalue weighted by molar-refractivity contribution is 7.80. The molecule has 0 bridgehead atoms. The number of nitrogens with zero attached hydrogens (tertiary/aromatic N) is 4. The lowest BCUT2D eigenvalue weighted by atomic mass is 10.4. The minimum absolute atomic E-state index is 0.103. The molecule has 2 N–H and O–H groups in total. The van der Waals surface area contributed by atoms with Gasteiger partial charge in [0.2, 0.25) is 5.82 Å². The lowest BCUT2D eigenvalue weighted by Crippen LogP contribution is -2.16. The van der Waals surface area contributed by atoms with Gasteiger partial charge < -0.3 is 14.8 Å². The molecule has 0 atom stereocenters. The van der Waals surface area contributed by atoms with E-state index in [0.717, 1.165) is 4.88 Å². The van der Waals surface area contributed by atoms with Crippen LogP contribution in [-0.4, -0.2) is 24.7 Å². The van der Waals surface area contributed by atoms with Crippen LogP contribution in [0.1, 0.15) is 16.6 Å². The topological polar surface area (TPSA) is 82.8 Å². The Morgan fingerprint density at radius 2 is 2.17 bits per heavy atom. The summed E-state index contributed by atoms with van der Waals surface area (Å²) in [6, 6.07) is 3.38. The third-order valence-electron chi connectivity index (χ3n) is 2.81. The largest absolute Gasteiger partial charge is 0.471 e. The number of thiophene rings is 1. The molecule has 23 heavy (non-hydrogen) atoms. The van der Waals surface area contributed by atoms with E-state index in [-0.39, 0.29) is 10.8 Å². The molecule has 0 aliphatic rings. The van der Waals surface area contributed by atoms with Crippen LogP contribution in [0.25, 0.3) is 10.7 Å². The third kappa shape index (κ3) is 3.24. The van der Waals surface area contributed by atoms with Crippen LogP contribution in [-0.2, 0) is 12.7 Å². The number of rotatable bonds is 4. The zero-order valence-electron chi connectivity index (χ0n) is 11.2. The highest BCUT2D eigenvalue weighted by Gasteiger charge is 2.38. The van der Waals surface area contributed by atoms with E-state index in [0.29, 0.717) is 17.2 Å². The van der Waals surface area contributed by atoms with E-state index in [9.17, 15) is 13.2 Å². The van der Waals surface area contributed by atoms with Crippen molar-refractivity contribution in [2.75, 3.05) is 0 Å². The van der Waals surface area contributed by atoms with E-state index < -0.39 is 12.1 Å². The fraction of sp³-hybridized carbons (Fsp3) is 0.167. The Morgan fingerprint density at radius 1 is 1.39 bits per heavy atom. The van der Waals surface area contributed by atoms with Crippen LogP contribution in [0.15, 0.2) is 29.0 Å². The standard InChI is InChI=1S/C12H8F3N5OS2/c13-12(14,15)11-18-9(19-21-11)7-2-1-6(23-7)5-20-4-3-17-10(20)8(16)22/h1-4H,5H2,(H2,16,22). The monoisotopic (exact) mass is 359 g/mol. The van der Waals surface area contributed by atoms with Crippen LogP contribution in [0.2, 0.25) is 0 Å². The number of alkyl halides is 3. The van der Waals surface area contributed by atoms with Crippen molar-refractivity contribution in [1.82, 2.24) is 19.7 Å². The predicted octanol–water partition coefficient (Wildman–Crippen LogP) is 2.70. The van der Waals surface area contributed by atoms with Gasteiger partial charge in [-0.2, -0.15) is 18.2 Å². The lowest BCUT2D eigenvalue weighted by Gasteiger charge is -2.04. The molecule has 0 amide bonds. The van der Waals surface area contributed by atoms with E-state index in [2.05, 4.69) is 19.6 Å². The fourth-order valence-electron chi connectivity index (χ4n) is 1.85. The molecule has 11 heteroatoms. The fourth-order valence-corrected chi connectivity index (χ4v) is 2.95. The number of nitrogens with two attached hydrogens (primary N) is 1. The van der Waals surface area contributed by atoms with Gasteiger partial charge in [-0.1, -0.05) is 17.4 Å². The molecule has 3 rings (SSSR count). The molecule has 0 unspecified atom stereocenters. The second-order valence-electron chi connectivity index (χ2n) is 4.43. The van der Waals surface area contributed by atoms with Gasteiger partial charge in [0.25, 0.3) is 0 Å². The predicted molar refractivity (Wildman–Crippen MR) is 79.8 cm³/mol. The summed E-state index contributed by atoms with van der Waals surface area (Å²) in [6.07, 6.45) is -1.38. The summed E-state index contributed by atoms with van der Waals surface area (Å²) in [5.74, 6) is -1.00. The maximum absolute atomic E-state index is 12.5. The Kier molecular flexibility index (Phi) is 3.90. The van der Waals surface area contributed by atoms with Crippen LogP contribution in [0.5, 0.6) is 0 Å². The average Bonchev–Trinajstić information content (AvgIpc) is 3.17. The van der Waals surface area contributed by atoms with Crippen molar-refractivity contribution >= 4 is 28.5 Å². The first-order valence-corrected chi connectivity index (χ1v) is 7.38. The molecule has 3 aromatic rings. The molecule has 120 valence electrons. The van der Waals surface area contributed by atoms with E-state index in [4.69, 9.17) is 18.0 Å². The number of imidazole rings is 1. The Balaban J connectivity index is 1.82. The van der Waals surface area contributed by atoms with Gasteiger partial charge in [-0.3, -0.25) is 0 Å². The first-order chi connectivity index (χ1) is 10.8. The van der Waals surface area contributed by atoms with Gasteiger partial charge >= 0.3 is 12.1 Å². The number of halogens is 3. The molecule has 0 radical (unpaired) electrons. The summed E-state index contributed by atoms with van der Waals surface area (Å²) in [7, 11) is 0. The van der Waals surface area contributed by atoms with Crippen LogP contribution in [0.4, 0.5) is 13.2 Å². The van der Waals surface area contributed by atoms with Crippen molar-refractivity contribution in [2.24, 2.45) is 5.73 Å². The summed E-state index contributed by atoms with van der Waals surface area (Å²) in [5.41, 5.74) is 5.57. The second-order valence-corrected chi connectivity index (χ2v) is 6.04. The molecule has 0 aromatic carbocycles. The molecule has 0 aliphatic heterocycles. The molecule has 0 fully saturated rings. The first-order valence-electron chi connectivity index (χ1n) is 6.15. The van der Waals surface area contributed by atoms with Gasteiger partial charge in [0.15, 0.2) is 5.82 Å². The summed E-state index contributed by atoms with van der Waals surface area (Å²) in [6.45, 7) is 0.432. The highest BCUT2D eigenvalue weighted by Crippen LogP contribution is 2.31. The van der Waals surface area contributed by atoms with Crippen molar-refractivity contribution in [3.63, 3.8) is 0 Å². The van der Waals surface area contributed by atoms with E-state index in [1.54, 1.807) is 29.1 Å². The average molecular weight is 359 g/mol. The molecule has 0 aliphatic carbocycles. The zero-order valence-corrected chi connectivity index (χ0v) is 12.9. The van der Waals surface area contributed by atoms with Gasteiger partial charge in [0.1, 0.15) is 4.99 Å². The molecular formula is C12H8F3N5OS2. The van der Waals surface area contributed by atoms with Gasteiger partial charge in [0.05, 0.1) is 11.4 Å². The Morgan fingerprint density at radius 3 is 2.83 bits per heavy atom. The van der Waals surface area contributed by atoms with Crippen molar-refractivity contribution in [3.05, 3.63) is 41.1 Å². The van der Waals surface area contributed by atoms with Crippen LogP contribution < -0.4 is 5.73 Å². The SMILES string of the molecule is NC(=S)c1nccn1Cc1ccc(-c2noc(C(F)(F)F)n2)s1. The molecule has 6 nitrogen and oxygen atoms in total. The van der Waals surface area contributed by atoms with Crippen molar-refractivity contribution in [1.29, 1.82) is 0 Å². The highest BCUT2D eigenvalue weighted by atomic mass is 32.1. The summed E-state index contributed by atoms with van der Waals surface area (Å²) >= 11 is 6.14. The summed E-state index contributed by atoms with van der Waals surface area (Å²) in [4.78, 5) is 8.89. The second kappa shape index (κ2) is 5.74. The quantitative estimate of drug-likeness (QED) is 0.721. The lowest BCUT2D eigenvalue weighted by molar-refractivity contribution is -0.159. The van der Waals surface area contributed by atoms with Crippen LogP contribution in [0, 0.1) is 0 Å². The Labute approximate surface area is 136 Å². The van der Waals surface area contributed by atoms with Crippen LogP contribution >= 0.6 is 23.6 Å². The van der Waals surface area contributed by atoms with Crippen molar-refractivity contribution in [2.45, 2.75) is 12.7 Å².